The van der Waals surface area contributed by atoms with E-state index in [9.17, 15) is 9.59 Å². The van der Waals surface area contributed by atoms with Crippen LogP contribution in [0.4, 0.5) is 0 Å². The predicted octanol–water partition coefficient (Wildman–Crippen LogP) is 3.80. The number of ether oxygens (including phenoxy) is 2. The average molecular weight is 422 g/mol. The third-order valence-corrected chi connectivity index (χ3v) is 4.80. The van der Waals surface area contributed by atoms with Crippen LogP contribution in [-0.2, 0) is 11.3 Å². The molecule has 2 aromatic rings. The van der Waals surface area contributed by atoms with Crippen LogP contribution in [0.25, 0.3) is 10.9 Å². The van der Waals surface area contributed by atoms with Crippen molar-refractivity contribution in [3.63, 3.8) is 0 Å². The largest absolute Gasteiger partial charge is 0.490 e. The third kappa shape index (κ3) is 6.32. The van der Waals surface area contributed by atoms with E-state index in [0.29, 0.717) is 72.2 Å². The van der Waals surface area contributed by atoms with Gasteiger partial charge in [-0.25, -0.2) is 0 Å². The van der Waals surface area contributed by atoms with Gasteiger partial charge < -0.3 is 19.8 Å². The van der Waals surface area contributed by atoms with Gasteiger partial charge in [-0.3, -0.25) is 14.2 Å². The van der Waals surface area contributed by atoms with Gasteiger partial charge in [-0.05, 0) is 50.9 Å². The molecule has 1 amide bonds. The molecule has 0 saturated carbocycles. The second-order valence-electron chi connectivity index (χ2n) is 7.23. The van der Waals surface area contributed by atoms with Crippen LogP contribution in [0.3, 0.4) is 0 Å². The maximum atomic E-state index is 13.0. The summed E-state index contributed by atoms with van der Waals surface area (Å²) in [5.41, 5.74) is 0.405. The molecule has 0 radical (unpaired) electrons. The number of aromatic amines is 1. The van der Waals surface area contributed by atoms with E-state index in [2.05, 4.69) is 24.1 Å². The maximum Gasteiger partial charge on any atom is 0.262 e. The number of H-pyrrole nitrogens is 1. The van der Waals surface area contributed by atoms with Crippen molar-refractivity contribution in [2.45, 2.75) is 53.5 Å². The molecule has 0 unspecified atom stereocenters. The number of nitrogens with zero attached hydrogens (tertiary/aromatic N) is 1. The van der Waals surface area contributed by atoms with Gasteiger partial charge >= 0.3 is 0 Å². The summed E-state index contributed by atoms with van der Waals surface area (Å²) in [6.07, 6.45) is 1.84. The van der Waals surface area contributed by atoms with E-state index in [4.69, 9.17) is 21.7 Å². The second kappa shape index (κ2) is 11.0. The average Bonchev–Trinajstić information content (AvgIpc) is 2.65. The monoisotopic (exact) mass is 421 g/mol. The van der Waals surface area contributed by atoms with Crippen molar-refractivity contribution in [1.29, 1.82) is 0 Å². The molecular weight excluding hydrogens is 390 g/mol. The summed E-state index contributed by atoms with van der Waals surface area (Å²) in [4.78, 5) is 28.0. The highest BCUT2D eigenvalue weighted by Crippen LogP contribution is 2.30. The smallest absolute Gasteiger partial charge is 0.262 e. The van der Waals surface area contributed by atoms with E-state index in [1.54, 1.807) is 12.1 Å². The lowest BCUT2D eigenvalue weighted by atomic mass is 10.1. The van der Waals surface area contributed by atoms with Gasteiger partial charge in [-0.15, -0.1) is 0 Å². The van der Waals surface area contributed by atoms with Gasteiger partial charge in [0.2, 0.25) is 5.91 Å². The molecule has 160 valence electrons. The Morgan fingerprint density at radius 3 is 2.48 bits per heavy atom. The standard InChI is InChI=1S/C21H31N3O4S/c1-5-27-17-12-15-16(13-18(17)28-6-2)23-21(29)24(20(15)26)11-7-8-19(25)22-10-9-14(3)4/h12-14H,5-11H2,1-4H3,(H,22,25)(H,23,29). The molecule has 29 heavy (non-hydrogen) atoms. The second-order valence-corrected chi connectivity index (χ2v) is 7.62. The number of carbonyl (C=O) groups is 1. The molecule has 0 spiro atoms. The zero-order chi connectivity index (χ0) is 21.4. The lowest BCUT2D eigenvalue weighted by Gasteiger charge is -2.13. The fraction of sp³-hybridized carbons (Fsp3) is 0.571. The zero-order valence-corrected chi connectivity index (χ0v) is 18.5. The van der Waals surface area contributed by atoms with Crippen molar-refractivity contribution in [3.8, 4) is 11.5 Å². The first-order valence-electron chi connectivity index (χ1n) is 10.2. The van der Waals surface area contributed by atoms with Crippen molar-refractivity contribution in [3.05, 3.63) is 27.3 Å². The molecule has 7 nitrogen and oxygen atoms in total. The summed E-state index contributed by atoms with van der Waals surface area (Å²) < 4.78 is 13.1. The first kappa shape index (κ1) is 22.9. The Bertz CT molecular complexity index is 949. The molecule has 2 rings (SSSR count). The summed E-state index contributed by atoms with van der Waals surface area (Å²) in [5.74, 6) is 1.65. The molecule has 1 aromatic heterocycles. The number of aromatic nitrogens is 2. The minimum absolute atomic E-state index is 0.00521. The predicted molar refractivity (Wildman–Crippen MR) is 117 cm³/mol. The summed E-state index contributed by atoms with van der Waals surface area (Å²) in [5, 5.41) is 3.39. The normalized spacial score (nSPS) is 11.1. The fourth-order valence-corrected chi connectivity index (χ4v) is 3.27. The van der Waals surface area contributed by atoms with Crippen molar-refractivity contribution < 1.29 is 14.3 Å². The molecule has 2 N–H and O–H groups in total. The highest BCUT2D eigenvalue weighted by molar-refractivity contribution is 7.71. The van der Waals surface area contributed by atoms with Crippen LogP contribution >= 0.6 is 12.2 Å². The van der Waals surface area contributed by atoms with E-state index in [0.717, 1.165) is 6.42 Å². The molecule has 0 aliphatic carbocycles. The Balaban J connectivity index is 2.17. The lowest BCUT2D eigenvalue weighted by molar-refractivity contribution is -0.121. The van der Waals surface area contributed by atoms with E-state index >= 15 is 0 Å². The summed E-state index contributed by atoms with van der Waals surface area (Å²) in [7, 11) is 0. The Labute approximate surface area is 176 Å². The molecule has 8 heteroatoms. The first-order valence-corrected chi connectivity index (χ1v) is 10.6. The van der Waals surface area contributed by atoms with Crippen LogP contribution in [-0.4, -0.2) is 35.2 Å². The lowest BCUT2D eigenvalue weighted by Crippen LogP contribution is -2.27. The minimum Gasteiger partial charge on any atom is -0.490 e. The molecule has 1 heterocycles. The number of nitrogens with one attached hydrogen (secondary N) is 2. The number of hydrogen-bond acceptors (Lipinski definition) is 5. The molecule has 1 aromatic carbocycles. The maximum absolute atomic E-state index is 13.0. The van der Waals surface area contributed by atoms with Gasteiger partial charge in [0.05, 0.1) is 24.1 Å². The van der Waals surface area contributed by atoms with Crippen LogP contribution in [0.5, 0.6) is 11.5 Å². The van der Waals surface area contributed by atoms with Crippen molar-refractivity contribution in [1.82, 2.24) is 14.9 Å². The summed E-state index contributed by atoms with van der Waals surface area (Å²) in [6.45, 7) is 10.0. The summed E-state index contributed by atoms with van der Waals surface area (Å²) in [6, 6.07) is 3.43. The van der Waals surface area contributed by atoms with Crippen LogP contribution in [0.2, 0.25) is 0 Å². The Morgan fingerprint density at radius 2 is 1.86 bits per heavy atom. The van der Waals surface area contributed by atoms with Gasteiger partial charge in [0.15, 0.2) is 16.3 Å². The van der Waals surface area contributed by atoms with Gasteiger partial charge in [0, 0.05) is 25.6 Å². The Morgan fingerprint density at radius 1 is 1.21 bits per heavy atom. The van der Waals surface area contributed by atoms with E-state index in [1.165, 1.54) is 4.57 Å². The van der Waals surface area contributed by atoms with Gasteiger partial charge in [-0.1, -0.05) is 13.8 Å². The van der Waals surface area contributed by atoms with E-state index < -0.39 is 0 Å². The molecule has 0 atom stereocenters. The van der Waals surface area contributed by atoms with Crippen LogP contribution in [0.1, 0.15) is 47.0 Å². The first-order chi connectivity index (χ1) is 13.9. The van der Waals surface area contributed by atoms with Crippen molar-refractivity contribution in [2.24, 2.45) is 5.92 Å². The van der Waals surface area contributed by atoms with Gasteiger partial charge in [0.25, 0.3) is 5.56 Å². The number of amides is 1. The molecule has 0 aliphatic heterocycles. The molecule has 0 bridgehead atoms. The minimum atomic E-state index is -0.201. The molecular formula is C21H31N3O4S. The number of fused-ring (bicyclic) bond motifs is 1. The Hall–Kier alpha value is -2.35. The van der Waals surface area contributed by atoms with Gasteiger partial charge in [-0.2, -0.15) is 0 Å². The fourth-order valence-electron chi connectivity index (χ4n) is 2.99. The van der Waals surface area contributed by atoms with E-state index in [-0.39, 0.29) is 11.5 Å². The molecule has 0 fully saturated rings. The van der Waals surface area contributed by atoms with Crippen LogP contribution < -0.4 is 20.3 Å². The number of carbonyl (C=O) groups excluding carboxylic acids is 1. The number of rotatable bonds is 11. The van der Waals surface area contributed by atoms with Crippen LogP contribution in [0.15, 0.2) is 16.9 Å². The SMILES string of the molecule is CCOc1cc2[nH]c(=S)n(CCCC(=O)NCCC(C)C)c(=O)c2cc1OCC. The zero-order valence-electron chi connectivity index (χ0n) is 17.7. The topological polar surface area (TPSA) is 85.4 Å². The van der Waals surface area contributed by atoms with Crippen molar-refractivity contribution in [2.75, 3.05) is 19.8 Å². The highest BCUT2D eigenvalue weighted by atomic mass is 32.1. The van der Waals surface area contributed by atoms with Crippen molar-refractivity contribution >= 4 is 29.0 Å². The number of benzene rings is 1. The molecule has 0 saturated heterocycles. The van der Waals surface area contributed by atoms with Gasteiger partial charge in [0.1, 0.15) is 0 Å². The highest BCUT2D eigenvalue weighted by Gasteiger charge is 2.13. The summed E-state index contributed by atoms with van der Waals surface area (Å²) >= 11 is 5.37. The quantitative estimate of drug-likeness (QED) is 0.539. The third-order valence-electron chi connectivity index (χ3n) is 4.48. The molecule has 0 aliphatic rings. The van der Waals surface area contributed by atoms with E-state index in [1.807, 2.05) is 13.8 Å². The Kier molecular flexibility index (Phi) is 8.70. The van der Waals surface area contributed by atoms with Crippen LogP contribution in [0, 0.1) is 10.7 Å². The number of hydrogen-bond donors (Lipinski definition) is 2.